The van der Waals surface area contributed by atoms with Crippen LogP contribution in [-0.2, 0) is 12.5 Å². The molecule has 0 atom stereocenters. The molecular weight excluding hydrogens is 254 g/mol. The van der Waals surface area contributed by atoms with Gasteiger partial charge in [-0.15, -0.1) is 0 Å². The summed E-state index contributed by atoms with van der Waals surface area (Å²) in [5.74, 6) is -0.631. The number of hydrogen-bond acceptors (Lipinski definition) is 4. The summed E-state index contributed by atoms with van der Waals surface area (Å²) in [7, 11) is 0. The first-order valence-corrected chi connectivity index (χ1v) is 5.15. The molecular formula is C12H9NO4S. The fourth-order valence-electron chi connectivity index (χ4n) is 1.96. The molecule has 3 N–H and O–H groups in total. The van der Waals surface area contributed by atoms with Gasteiger partial charge in [0, 0.05) is 16.5 Å². The molecule has 0 radical (unpaired) electrons. The second-order valence-corrected chi connectivity index (χ2v) is 3.49. The predicted molar refractivity (Wildman–Crippen MR) is 67.5 cm³/mol. The molecule has 0 bridgehead atoms. The van der Waals surface area contributed by atoms with Gasteiger partial charge in [0.05, 0.1) is 0 Å². The van der Waals surface area contributed by atoms with Gasteiger partial charge in [-0.25, -0.2) is 0 Å². The van der Waals surface area contributed by atoms with Gasteiger partial charge in [0.1, 0.15) is 0 Å². The van der Waals surface area contributed by atoms with Gasteiger partial charge >= 0.3 is 0 Å². The summed E-state index contributed by atoms with van der Waals surface area (Å²) in [6, 6.07) is 10.9. The average Bonchev–Trinajstić information content (AvgIpc) is 2.38. The third-order valence-corrected chi connectivity index (χ3v) is 2.62. The van der Waals surface area contributed by atoms with E-state index < -0.39 is 0 Å². The lowest BCUT2D eigenvalue weighted by molar-refractivity contribution is 0.0845. The molecule has 0 fully saturated rings. The first-order chi connectivity index (χ1) is 8.27. The van der Waals surface area contributed by atoms with Crippen molar-refractivity contribution in [3.63, 3.8) is 0 Å². The van der Waals surface area contributed by atoms with Crippen molar-refractivity contribution < 1.29 is 19.3 Å². The molecule has 0 saturated heterocycles. The summed E-state index contributed by atoms with van der Waals surface area (Å²) >= 11 is 2.83. The molecule has 92 valence electrons. The molecule has 2 aromatic rings. The van der Waals surface area contributed by atoms with E-state index in [1.54, 1.807) is 12.1 Å². The Morgan fingerprint density at radius 2 is 1.28 bits per heavy atom. The number of amides is 2. The van der Waals surface area contributed by atoms with E-state index in [-0.39, 0.29) is 17.3 Å². The van der Waals surface area contributed by atoms with Crippen LogP contribution in [0.1, 0.15) is 20.7 Å². The van der Waals surface area contributed by atoms with Crippen LogP contribution in [0, 0.1) is 0 Å². The predicted octanol–water partition coefficient (Wildman–Crippen LogP) is 0.562. The molecule has 2 amide bonds. The fourth-order valence-corrected chi connectivity index (χ4v) is 1.96. The molecule has 5 nitrogen and oxygen atoms in total. The summed E-state index contributed by atoms with van der Waals surface area (Å²) in [6.45, 7) is 0. The van der Waals surface area contributed by atoms with Crippen molar-refractivity contribution in [2.24, 2.45) is 0 Å². The van der Waals surface area contributed by atoms with E-state index in [4.69, 9.17) is 4.21 Å². The van der Waals surface area contributed by atoms with Gasteiger partial charge in [-0.05, 0) is 17.5 Å². The molecule has 0 spiro atoms. The quantitative estimate of drug-likeness (QED) is 0.703. The van der Waals surface area contributed by atoms with Crippen LogP contribution < -0.4 is 5.32 Å². The largest absolute Gasteiger partial charge is 0.412 e. The summed E-state index contributed by atoms with van der Waals surface area (Å²) in [5, 5.41) is 4.00. The van der Waals surface area contributed by atoms with Crippen molar-refractivity contribution in [2.75, 3.05) is 0 Å². The van der Waals surface area contributed by atoms with Gasteiger partial charge in [0.15, 0.2) is 12.5 Å². The molecule has 1 aliphatic heterocycles. The number of benzene rings is 2. The Hall–Kier alpha value is -2.18. The van der Waals surface area contributed by atoms with Crippen LogP contribution in [0.25, 0.3) is 10.8 Å². The van der Waals surface area contributed by atoms with Crippen molar-refractivity contribution in [3.05, 3.63) is 47.5 Å². The lowest BCUT2D eigenvalue weighted by atomic mass is 9.95. The van der Waals surface area contributed by atoms with Crippen molar-refractivity contribution in [2.45, 2.75) is 0 Å². The number of nitrogens with one attached hydrogen (secondary N) is 1. The normalized spacial score (nSPS) is 12.0. The number of carbonyl (C=O) groups excluding carboxylic acids is 2. The minimum atomic E-state index is -0.315. The summed E-state index contributed by atoms with van der Waals surface area (Å²) in [4.78, 5) is 23.1. The molecule has 0 unspecified atom stereocenters. The van der Waals surface area contributed by atoms with E-state index in [2.05, 4.69) is 17.9 Å². The maximum absolute atomic E-state index is 11.6. The first kappa shape index (κ1) is 13.9. The highest BCUT2D eigenvalue weighted by molar-refractivity contribution is 7.44. The Balaban J connectivity index is 0.000000516. The lowest BCUT2D eigenvalue weighted by Crippen LogP contribution is -2.34. The topological polar surface area (TPSA) is 94.7 Å². The number of hydrogen-bond donors (Lipinski definition) is 1. The van der Waals surface area contributed by atoms with Crippen LogP contribution in [0.2, 0.25) is 0 Å². The van der Waals surface area contributed by atoms with Gasteiger partial charge in [0.2, 0.25) is 0 Å². The monoisotopic (exact) mass is 263 g/mol. The highest BCUT2D eigenvalue weighted by Gasteiger charge is 2.23. The average molecular weight is 263 g/mol. The number of imide groups is 1. The van der Waals surface area contributed by atoms with Crippen LogP contribution in [0.4, 0.5) is 0 Å². The van der Waals surface area contributed by atoms with E-state index in [1.807, 2.05) is 24.3 Å². The van der Waals surface area contributed by atoms with Gasteiger partial charge in [-0.1, -0.05) is 24.3 Å². The molecule has 0 saturated carbocycles. The molecule has 2 aromatic carbocycles. The van der Waals surface area contributed by atoms with E-state index in [0.717, 1.165) is 10.8 Å². The van der Waals surface area contributed by atoms with Crippen LogP contribution in [-0.4, -0.2) is 21.5 Å². The molecule has 18 heavy (non-hydrogen) atoms. The summed E-state index contributed by atoms with van der Waals surface area (Å²) in [5.41, 5.74) is 1.14. The Kier molecular flexibility index (Phi) is 4.19. The Labute approximate surface area is 108 Å². The minimum Gasteiger partial charge on any atom is -0.412 e. The maximum atomic E-state index is 11.6. The van der Waals surface area contributed by atoms with Crippen molar-refractivity contribution in [1.82, 2.24) is 5.32 Å². The SMILES string of the molecule is O.O=C1NC(=O)c2cccc3cccc1c23.O=S. The van der Waals surface area contributed by atoms with Crippen molar-refractivity contribution >= 4 is 35.1 Å². The molecule has 6 heteroatoms. The summed E-state index contributed by atoms with van der Waals surface area (Å²) < 4.78 is 7.83. The van der Waals surface area contributed by atoms with Crippen LogP contribution in [0.3, 0.4) is 0 Å². The molecule has 0 aromatic heterocycles. The van der Waals surface area contributed by atoms with E-state index in [9.17, 15) is 9.59 Å². The first-order valence-electron chi connectivity index (χ1n) is 4.81. The Morgan fingerprint density at radius 1 is 0.833 bits per heavy atom. The summed E-state index contributed by atoms with van der Waals surface area (Å²) in [6.07, 6.45) is 0. The van der Waals surface area contributed by atoms with Gasteiger partial charge < -0.3 is 5.48 Å². The molecule has 3 rings (SSSR count). The molecule has 1 aliphatic rings. The van der Waals surface area contributed by atoms with Crippen LogP contribution in [0.5, 0.6) is 0 Å². The molecule has 1 heterocycles. The van der Waals surface area contributed by atoms with Crippen molar-refractivity contribution in [3.8, 4) is 0 Å². The maximum Gasteiger partial charge on any atom is 0.258 e. The zero-order valence-corrected chi connectivity index (χ0v) is 9.91. The number of carbonyl (C=O) groups is 2. The Bertz CT molecular complexity index is 578. The second-order valence-electron chi connectivity index (χ2n) is 3.49. The van der Waals surface area contributed by atoms with E-state index in [0.29, 0.717) is 11.1 Å². The van der Waals surface area contributed by atoms with E-state index >= 15 is 0 Å². The van der Waals surface area contributed by atoms with Crippen LogP contribution in [0.15, 0.2) is 36.4 Å². The van der Waals surface area contributed by atoms with Gasteiger partial charge in [-0.3, -0.25) is 14.9 Å². The standard InChI is InChI=1S/C12H7NO2.OS.H2O/c14-11-8-5-1-3-7-4-2-6-9(10(7)8)12(15)13-11;1-2;/h1-6H,(H,13,14,15);;1H2. The molecule has 0 aliphatic carbocycles. The van der Waals surface area contributed by atoms with Gasteiger partial charge in [0.25, 0.3) is 11.8 Å². The smallest absolute Gasteiger partial charge is 0.258 e. The zero-order valence-electron chi connectivity index (χ0n) is 9.10. The third kappa shape index (κ3) is 1.99. The van der Waals surface area contributed by atoms with Gasteiger partial charge in [-0.2, -0.15) is 4.21 Å². The highest BCUT2D eigenvalue weighted by atomic mass is 32.1. The van der Waals surface area contributed by atoms with E-state index in [1.165, 1.54) is 0 Å². The second kappa shape index (κ2) is 5.44. The fraction of sp³-hybridized carbons (Fsp3) is 0. The van der Waals surface area contributed by atoms with Crippen LogP contribution >= 0.6 is 0 Å². The lowest BCUT2D eigenvalue weighted by Gasteiger charge is -2.15. The van der Waals surface area contributed by atoms with Crippen molar-refractivity contribution in [1.29, 1.82) is 0 Å². The third-order valence-electron chi connectivity index (χ3n) is 2.62. The zero-order chi connectivity index (χ0) is 12.4. The highest BCUT2D eigenvalue weighted by Crippen LogP contribution is 2.25. The Morgan fingerprint density at radius 3 is 1.72 bits per heavy atom. The number of rotatable bonds is 0. The minimum absolute atomic E-state index is 0.